The van der Waals surface area contributed by atoms with E-state index in [1.807, 2.05) is 13.0 Å². The van der Waals surface area contributed by atoms with Gasteiger partial charge >= 0.3 is 5.97 Å². The third kappa shape index (κ3) is 4.37. The molecule has 0 aliphatic carbocycles. The molecular weight excluding hydrogens is 140 g/mol. The minimum atomic E-state index is -0.794. The van der Waals surface area contributed by atoms with Crippen molar-refractivity contribution < 1.29 is 9.90 Å². The maximum atomic E-state index is 10.3. The van der Waals surface area contributed by atoms with Crippen molar-refractivity contribution in [1.82, 2.24) is 0 Å². The molecule has 0 fully saturated rings. The Labute approximate surface area is 67.2 Å². The van der Waals surface area contributed by atoms with Gasteiger partial charge in [-0.15, -0.1) is 6.58 Å². The zero-order chi connectivity index (χ0) is 8.85. The minimum absolute atomic E-state index is 0.247. The molecule has 0 saturated heterocycles. The van der Waals surface area contributed by atoms with Crippen LogP contribution in [0.5, 0.6) is 0 Å². The van der Waals surface area contributed by atoms with E-state index in [1.54, 1.807) is 19.1 Å². The monoisotopic (exact) mass is 154 g/mol. The smallest absolute Gasteiger partial charge is 0.310 e. The van der Waals surface area contributed by atoms with Gasteiger partial charge < -0.3 is 5.11 Å². The van der Waals surface area contributed by atoms with Crippen LogP contribution in [0, 0.1) is 11.8 Å². The zero-order valence-electron chi connectivity index (χ0n) is 6.95. The summed E-state index contributed by atoms with van der Waals surface area (Å²) in [6.45, 7) is 7.19. The summed E-state index contributed by atoms with van der Waals surface area (Å²) >= 11 is 0. The molecule has 2 heteroatoms. The lowest BCUT2D eigenvalue weighted by molar-refractivity contribution is -0.139. The summed E-state index contributed by atoms with van der Waals surface area (Å²) in [5, 5.41) is 8.49. The fourth-order valence-electron chi connectivity index (χ4n) is 0.503. The van der Waals surface area contributed by atoms with Gasteiger partial charge in [-0.3, -0.25) is 4.79 Å². The first-order valence-electron chi connectivity index (χ1n) is 3.61. The number of carbonyl (C=O) groups is 1. The molecule has 0 heterocycles. The van der Waals surface area contributed by atoms with E-state index in [-0.39, 0.29) is 5.92 Å². The number of carboxylic acids is 1. The summed E-state index contributed by atoms with van der Waals surface area (Å²) in [6.07, 6.45) is 5.28. The molecule has 2 atom stereocenters. The van der Waals surface area contributed by atoms with Gasteiger partial charge in [0.05, 0.1) is 5.92 Å². The lowest BCUT2D eigenvalue weighted by Gasteiger charge is -1.99. The van der Waals surface area contributed by atoms with Crippen LogP contribution in [-0.4, -0.2) is 11.1 Å². The molecule has 0 saturated carbocycles. The fourth-order valence-corrected chi connectivity index (χ4v) is 0.503. The SMILES string of the molecule is C=CC(C)/C=C/C(C)C(=O)O. The van der Waals surface area contributed by atoms with Crippen molar-refractivity contribution in [1.29, 1.82) is 0 Å². The van der Waals surface area contributed by atoms with E-state index in [4.69, 9.17) is 5.11 Å². The van der Waals surface area contributed by atoms with E-state index in [2.05, 4.69) is 6.58 Å². The average molecular weight is 154 g/mol. The van der Waals surface area contributed by atoms with Gasteiger partial charge in [0.25, 0.3) is 0 Å². The summed E-state index contributed by atoms with van der Waals surface area (Å²) < 4.78 is 0. The van der Waals surface area contributed by atoms with E-state index in [0.717, 1.165) is 0 Å². The van der Waals surface area contributed by atoms with Gasteiger partial charge in [0, 0.05) is 0 Å². The fraction of sp³-hybridized carbons (Fsp3) is 0.444. The molecule has 11 heavy (non-hydrogen) atoms. The lowest BCUT2D eigenvalue weighted by atomic mass is 10.1. The molecule has 2 nitrogen and oxygen atoms in total. The van der Waals surface area contributed by atoms with E-state index < -0.39 is 11.9 Å². The Bertz CT molecular complexity index is 170. The maximum Gasteiger partial charge on any atom is 0.310 e. The van der Waals surface area contributed by atoms with Crippen LogP contribution in [0.4, 0.5) is 0 Å². The van der Waals surface area contributed by atoms with Crippen LogP contribution in [0.25, 0.3) is 0 Å². The van der Waals surface area contributed by atoms with Gasteiger partial charge in [0.15, 0.2) is 0 Å². The Hall–Kier alpha value is -1.05. The third-order valence-electron chi connectivity index (χ3n) is 1.46. The number of aliphatic carboxylic acids is 1. The average Bonchev–Trinajstić information content (AvgIpc) is 1.99. The largest absolute Gasteiger partial charge is 0.481 e. The third-order valence-corrected chi connectivity index (χ3v) is 1.46. The van der Waals surface area contributed by atoms with Crippen molar-refractivity contribution in [2.75, 3.05) is 0 Å². The van der Waals surface area contributed by atoms with Gasteiger partial charge in [0.1, 0.15) is 0 Å². The molecule has 0 aliphatic heterocycles. The second-order valence-electron chi connectivity index (χ2n) is 2.61. The van der Waals surface area contributed by atoms with E-state index >= 15 is 0 Å². The molecular formula is C9H14O2. The highest BCUT2D eigenvalue weighted by atomic mass is 16.4. The van der Waals surface area contributed by atoms with Crippen LogP contribution in [0.1, 0.15) is 13.8 Å². The highest BCUT2D eigenvalue weighted by Crippen LogP contribution is 2.02. The minimum Gasteiger partial charge on any atom is -0.481 e. The number of carboxylic acid groups (broad SMARTS) is 1. The van der Waals surface area contributed by atoms with Crippen molar-refractivity contribution in [2.45, 2.75) is 13.8 Å². The van der Waals surface area contributed by atoms with Crippen molar-refractivity contribution in [3.05, 3.63) is 24.8 Å². The molecule has 0 aliphatic rings. The molecule has 0 rings (SSSR count). The maximum absolute atomic E-state index is 10.3. The molecule has 0 bridgehead atoms. The molecule has 0 aromatic carbocycles. The summed E-state index contributed by atoms with van der Waals surface area (Å²) in [5.41, 5.74) is 0. The molecule has 0 aromatic rings. The van der Waals surface area contributed by atoms with Crippen molar-refractivity contribution in [2.24, 2.45) is 11.8 Å². The van der Waals surface area contributed by atoms with Gasteiger partial charge in [-0.1, -0.05) is 25.2 Å². The summed E-state index contributed by atoms with van der Waals surface area (Å²) in [4.78, 5) is 10.3. The summed E-state index contributed by atoms with van der Waals surface area (Å²) in [5.74, 6) is -0.952. The lowest BCUT2D eigenvalue weighted by Crippen LogP contribution is -2.05. The summed E-state index contributed by atoms with van der Waals surface area (Å²) in [7, 11) is 0. The first-order valence-corrected chi connectivity index (χ1v) is 3.61. The van der Waals surface area contributed by atoms with E-state index in [9.17, 15) is 4.79 Å². The molecule has 0 spiro atoms. The van der Waals surface area contributed by atoms with Gasteiger partial charge in [-0.25, -0.2) is 0 Å². The molecule has 0 amide bonds. The second kappa shape index (κ2) is 4.72. The molecule has 2 unspecified atom stereocenters. The standard InChI is InChI=1S/C9H14O2/c1-4-7(2)5-6-8(3)9(10)11/h4-8H,1H2,2-3H3,(H,10,11)/b6-5+. The Morgan fingerprint density at radius 3 is 2.36 bits per heavy atom. The van der Waals surface area contributed by atoms with Crippen LogP contribution in [0.3, 0.4) is 0 Å². The zero-order valence-corrected chi connectivity index (χ0v) is 6.95. The van der Waals surface area contributed by atoms with Crippen molar-refractivity contribution in [3.63, 3.8) is 0 Å². The van der Waals surface area contributed by atoms with Crippen LogP contribution in [-0.2, 0) is 4.79 Å². The Morgan fingerprint density at radius 1 is 1.45 bits per heavy atom. The molecule has 0 aromatic heterocycles. The first kappa shape index (κ1) is 9.95. The Morgan fingerprint density at radius 2 is 2.00 bits per heavy atom. The summed E-state index contributed by atoms with van der Waals surface area (Å²) in [6, 6.07) is 0. The van der Waals surface area contributed by atoms with Gasteiger partial charge in [-0.05, 0) is 12.8 Å². The Kier molecular flexibility index (Phi) is 4.27. The van der Waals surface area contributed by atoms with Crippen molar-refractivity contribution >= 4 is 5.97 Å². The second-order valence-corrected chi connectivity index (χ2v) is 2.61. The van der Waals surface area contributed by atoms with Gasteiger partial charge in [0.2, 0.25) is 0 Å². The van der Waals surface area contributed by atoms with E-state index in [1.165, 1.54) is 0 Å². The number of allylic oxidation sites excluding steroid dienone is 2. The van der Waals surface area contributed by atoms with E-state index in [0.29, 0.717) is 0 Å². The van der Waals surface area contributed by atoms with Crippen molar-refractivity contribution in [3.8, 4) is 0 Å². The first-order chi connectivity index (χ1) is 5.07. The van der Waals surface area contributed by atoms with Crippen LogP contribution in [0.2, 0.25) is 0 Å². The molecule has 1 N–H and O–H groups in total. The number of hydrogen-bond acceptors (Lipinski definition) is 1. The quantitative estimate of drug-likeness (QED) is 0.629. The highest BCUT2D eigenvalue weighted by Gasteiger charge is 2.04. The normalized spacial score (nSPS) is 16.2. The molecule has 62 valence electrons. The van der Waals surface area contributed by atoms with Gasteiger partial charge in [-0.2, -0.15) is 0 Å². The highest BCUT2D eigenvalue weighted by molar-refractivity contribution is 5.71. The molecule has 0 radical (unpaired) electrons. The predicted molar refractivity (Wildman–Crippen MR) is 45.3 cm³/mol. The predicted octanol–water partition coefficient (Wildman–Crippen LogP) is 2.09. The topological polar surface area (TPSA) is 37.3 Å². The van der Waals surface area contributed by atoms with Crippen LogP contribution >= 0.6 is 0 Å². The number of rotatable bonds is 4. The Balaban J connectivity index is 3.91. The van der Waals surface area contributed by atoms with Crippen LogP contribution in [0.15, 0.2) is 24.8 Å². The number of hydrogen-bond donors (Lipinski definition) is 1. The van der Waals surface area contributed by atoms with Crippen LogP contribution < -0.4 is 0 Å².